The van der Waals surface area contributed by atoms with E-state index in [2.05, 4.69) is 4.98 Å². The molecule has 2 heterocycles. The predicted molar refractivity (Wildman–Crippen MR) is 64.3 cm³/mol. The van der Waals surface area contributed by atoms with E-state index in [1.807, 2.05) is 4.90 Å². The Balaban J connectivity index is 2.14. The molecule has 1 unspecified atom stereocenters. The molecule has 1 aromatic heterocycles. The molecular formula is C11H16F3N3S. The van der Waals surface area contributed by atoms with Crippen LogP contribution in [0.15, 0.2) is 5.51 Å². The topological polar surface area (TPSA) is 42.2 Å². The number of halogens is 3. The number of hydrogen-bond donors (Lipinski definition) is 1. The molecular weight excluding hydrogens is 263 g/mol. The average molecular weight is 279 g/mol. The van der Waals surface area contributed by atoms with E-state index in [0.29, 0.717) is 4.88 Å². The van der Waals surface area contributed by atoms with Gasteiger partial charge >= 0.3 is 6.18 Å². The molecule has 1 saturated heterocycles. The molecule has 0 spiro atoms. The predicted octanol–water partition coefficient (Wildman–Crippen LogP) is 2.65. The van der Waals surface area contributed by atoms with E-state index in [0.717, 1.165) is 37.3 Å². The Labute approximate surface area is 108 Å². The van der Waals surface area contributed by atoms with Gasteiger partial charge in [-0.05, 0) is 19.8 Å². The van der Waals surface area contributed by atoms with Crippen LogP contribution in [-0.2, 0) is 6.18 Å². The van der Waals surface area contributed by atoms with Crippen LogP contribution in [0.25, 0.3) is 0 Å². The van der Waals surface area contributed by atoms with Crippen LogP contribution < -0.4 is 5.73 Å². The smallest absolute Gasteiger partial charge is 0.328 e. The SMILES string of the molecule is CC(c1scnc1C(F)(F)F)N1CCC(N)CC1. The third-order valence-corrected chi connectivity index (χ3v) is 4.36. The molecule has 1 aliphatic rings. The van der Waals surface area contributed by atoms with Crippen molar-refractivity contribution in [3.8, 4) is 0 Å². The summed E-state index contributed by atoms with van der Waals surface area (Å²) in [6, 6.07) is -0.0707. The lowest BCUT2D eigenvalue weighted by atomic mass is 10.0. The minimum atomic E-state index is -4.37. The maximum absolute atomic E-state index is 12.8. The van der Waals surface area contributed by atoms with Gasteiger partial charge in [-0.15, -0.1) is 11.3 Å². The first-order valence-corrected chi connectivity index (χ1v) is 6.77. The summed E-state index contributed by atoms with van der Waals surface area (Å²) in [7, 11) is 0. The molecule has 0 radical (unpaired) electrons. The minimum absolute atomic E-state index is 0.178. The first-order chi connectivity index (χ1) is 8.39. The Morgan fingerprint density at radius 1 is 1.44 bits per heavy atom. The quantitative estimate of drug-likeness (QED) is 0.905. The summed E-state index contributed by atoms with van der Waals surface area (Å²) in [4.78, 5) is 5.81. The molecule has 0 aromatic carbocycles. The summed E-state index contributed by atoms with van der Waals surface area (Å²) >= 11 is 1.07. The van der Waals surface area contributed by atoms with Gasteiger partial charge in [0.2, 0.25) is 0 Å². The molecule has 1 aromatic rings. The van der Waals surface area contributed by atoms with E-state index in [1.54, 1.807) is 6.92 Å². The number of rotatable bonds is 2. The van der Waals surface area contributed by atoms with E-state index in [9.17, 15) is 13.2 Å². The van der Waals surface area contributed by atoms with Crippen molar-refractivity contribution in [2.45, 2.75) is 38.0 Å². The van der Waals surface area contributed by atoms with Crippen LogP contribution in [0.5, 0.6) is 0 Å². The summed E-state index contributed by atoms with van der Waals surface area (Å²) < 4.78 is 38.3. The number of likely N-dealkylation sites (tertiary alicyclic amines) is 1. The highest BCUT2D eigenvalue weighted by Crippen LogP contribution is 2.38. The molecule has 0 saturated carbocycles. The molecule has 102 valence electrons. The van der Waals surface area contributed by atoms with Crippen molar-refractivity contribution in [1.82, 2.24) is 9.88 Å². The van der Waals surface area contributed by atoms with E-state index >= 15 is 0 Å². The Hall–Kier alpha value is -0.660. The number of nitrogens with zero attached hydrogens (tertiary/aromatic N) is 2. The van der Waals surface area contributed by atoms with Crippen molar-refractivity contribution < 1.29 is 13.2 Å². The molecule has 18 heavy (non-hydrogen) atoms. The number of thiazole rings is 1. The van der Waals surface area contributed by atoms with Crippen LogP contribution in [0, 0.1) is 0 Å². The highest BCUT2D eigenvalue weighted by Gasteiger charge is 2.38. The van der Waals surface area contributed by atoms with Crippen LogP contribution in [0.4, 0.5) is 13.2 Å². The number of nitrogens with two attached hydrogens (primary N) is 1. The van der Waals surface area contributed by atoms with Crippen LogP contribution in [-0.4, -0.2) is 29.0 Å². The van der Waals surface area contributed by atoms with Crippen molar-refractivity contribution in [2.24, 2.45) is 5.73 Å². The Kier molecular flexibility index (Phi) is 3.93. The molecule has 1 atom stereocenters. The summed E-state index contributed by atoms with van der Waals surface area (Å²) in [5.41, 5.74) is 6.33. The number of aromatic nitrogens is 1. The van der Waals surface area contributed by atoms with Crippen molar-refractivity contribution in [1.29, 1.82) is 0 Å². The monoisotopic (exact) mass is 279 g/mol. The Bertz CT molecular complexity index is 396. The third kappa shape index (κ3) is 2.84. The van der Waals surface area contributed by atoms with Gasteiger partial charge in [0, 0.05) is 25.2 Å². The van der Waals surface area contributed by atoms with Gasteiger partial charge in [0.25, 0.3) is 0 Å². The first-order valence-electron chi connectivity index (χ1n) is 5.90. The van der Waals surface area contributed by atoms with Gasteiger partial charge in [0.15, 0.2) is 5.69 Å². The van der Waals surface area contributed by atoms with E-state index in [-0.39, 0.29) is 12.1 Å². The average Bonchev–Trinajstić information content (AvgIpc) is 2.77. The lowest BCUT2D eigenvalue weighted by molar-refractivity contribution is -0.141. The Morgan fingerprint density at radius 2 is 2.06 bits per heavy atom. The standard InChI is InChI=1S/C11H16F3N3S/c1-7(17-4-2-8(15)3-5-17)9-10(11(12,13)14)16-6-18-9/h6-8H,2-5,15H2,1H3. The molecule has 0 aliphatic carbocycles. The number of hydrogen-bond acceptors (Lipinski definition) is 4. The fourth-order valence-electron chi connectivity index (χ4n) is 2.24. The second kappa shape index (κ2) is 5.14. The van der Waals surface area contributed by atoms with Crippen LogP contribution in [0.2, 0.25) is 0 Å². The second-order valence-electron chi connectivity index (χ2n) is 4.61. The zero-order valence-electron chi connectivity index (χ0n) is 10.1. The van der Waals surface area contributed by atoms with Crippen molar-refractivity contribution in [3.05, 3.63) is 16.1 Å². The molecule has 2 rings (SSSR count). The maximum Gasteiger partial charge on any atom is 0.434 e. The molecule has 2 N–H and O–H groups in total. The van der Waals surface area contributed by atoms with E-state index in [1.165, 1.54) is 5.51 Å². The van der Waals surface area contributed by atoms with Crippen LogP contribution in [0.1, 0.15) is 36.4 Å². The van der Waals surface area contributed by atoms with Gasteiger partial charge in [0.05, 0.1) is 10.4 Å². The fourth-order valence-corrected chi connectivity index (χ4v) is 3.13. The molecule has 0 bridgehead atoms. The lowest BCUT2D eigenvalue weighted by Crippen LogP contribution is -2.41. The highest BCUT2D eigenvalue weighted by atomic mass is 32.1. The van der Waals surface area contributed by atoms with Gasteiger partial charge in [-0.2, -0.15) is 13.2 Å². The summed E-state index contributed by atoms with van der Waals surface area (Å²) in [5.74, 6) is 0. The van der Waals surface area contributed by atoms with Gasteiger partial charge in [-0.3, -0.25) is 4.90 Å². The number of alkyl halides is 3. The van der Waals surface area contributed by atoms with E-state index in [4.69, 9.17) is 5.73 Å². The van der Waals surface area contributed by atoms with Crippen molar-refractivity contribution >= 4 is 11.3 Å². The lowest BCUT2D eigenvalue weighted by Gasteiger charge is -2.34. The van der Waals surface area contributed by atoms with Crippen molar-refractivity contribution in [3.63, 3.8) is 0 Å². The summed E-state index contributed by atoms with van der Waals surface area (Å²) in [6.07, 6.45) is -2.69. The normalized spacial score (nSPS) is 21.2. The van der Waals surface area contributed by atoms with Gasteiger partial charge in [-0.25, -0.2) is 4.98 Å². The molecule has 1 fully saturated rings. The minimum Gasteiger partial charge on any atom is -0.328 e. The summed E-state index contributed by atoms with van der Waals surface area (Å²) in [5, 5.41) is 0. The Morgan fingerprint density at radius 3 is 2.61 bits per heavy atom. The second-order valence-corrected chi connectivity index (χ2v) is 5.50. The van der Waals surface area contributed by atoms with Crippen molar-refractivity contribution in [2.75, 3.05) is 13.1 Å². The fraction of sp³-hybridized carbons (Fsp3) is 0.727. The van der Waals surface area contributed by atoms with Gasteiger partial charge in [0.1, 0.15) is 0 Å². The van der Waals surface area contributed by atoms with E-state index < -0.39 is 11.9 Å². The summed E-state index contributed by atoms with van der Waals surface area (Å²) in [6.45, 7) is 3.30. The molecule has 0 amide bonds. The van der Waals surface area contributed by atoms with Gasteiger partial charge in [-0.1, -0.05) is 0 Å². The van der Waals surface area contributed by atoms with Gasteiger partial charge < -0.3 is 5.73 Å². The number of piperidine rings is 1. The zero-order valence-corrected chi connectivity index (χ0v) is 10.9. The van der Waals surface area contributed by atoms with Crippen LogP contribution in [0.3, 0.4) is 0 Å². The van der Waals surface area contributed by atoms with Crippen LogP contribution >= 0.6 is 11.3 Å². The molecule has 7 heteroatoms. The first kappa shape index (κ1) is 13.8. The largest absolute Gasteiger partial charge is 0.434 e. The maximum atomic E-state index is 12.8. The molecule has 1 aliphatic heterocycles. The zero-order chi connectivity index (χ0) is 13.3. The highest BCUT2D eigenvalue weighted by molar-refractivity contribution is 7.09. The third-order valence-electron chi connectivity index (χ3n) is 3.36. The molecule has 3 nitrogen and oxygen atoms in total.